The highest BCUT2D eigenvalue weighted by molar-refractivity contribution is 5.51. The van der Waals surface area contributed by atoms with Crippen LogP contribution in [0.15, 0.2) is 12.1 Å². The van der Waals surface area contributed by atoms with Crippen molar-refractivity contribution in [3.05, 3.63) is 17.7 Å². The first-order valence-electron chi connectivity index (χ1n) is 6.26. The highest BCUT2D eigenvalue weighted by Gasteiger charge is 2.33. The Kier molecular flexibility index (Phi) is 4.05. The third-order valence-corrected chi connectivity index (χ3v) is 3.03. The zero-order chi connectivity index (χ0) is 14.9. The molecule has 2 unspecified atom stereocenters. The van der Waals surface area contributed by atoms with Crippen LogP contribution in [0.4, 0.5) is 24.8 Å². The first kappa shape index (κ1) is 14.9. The van der Waals surface area contributed by atoms with E-state index >= 15 is 0 Å². The fourth-order valence-corrected chi connectivity index (χ4v) is 2.28. The third kappa shape index (κ3) is 3.31. The van der Waals surface area contributed by atoms with E-state index in [0.29, 0.717) is 13.1 Å². The van der Waals surface area contributed by atoms with Gasteiger partial charge in [0.15, 0.2) is 0 Å². The number of hydrogen-bond donors (Lipinski definition) is 2. The second-order valence-electron chi connectivity index (χ2n) is 4.90. The summed E-state index contributed by atoms with van der Waals surface area (Å²) in [5.41, 5.74) is 1.40. The molecule has 1 aliphatic rings. The minimum absolute atomic E-state index is 0.0124. The molecule has 0 bridgehead atoms. The van der Waals surface area contributed by atoms with Crippen LogP contribution in [-0.2, 0) is 10.9 Å². The zero-order valence-electron chi connectivity index (χ0n) is 11.2. The van der Waals surface area contributed by atoms with Gasteiger partial charge in [0.25, 0.3) is 0 Å². The predicted octanol–water partition coefficient (Wildman–Crippen LogP) is 2.00. The summed E-state index contributed by atoms with van der Waals surface area (Å²) in [7, 11) is 0. The van der Waals surface area contributed by atoms with Crippen LogP contribution >= 0.6 is 0 Å². The van der Waals surface area contributed by atoms with E-state index in [1.807, 2.05) is 13.8 Å². The second-order valence-corrected chi connectivity index (χ2v) is 4.90. The number of nitrogens with one attached hydrogen (secondary N) is 1. The van der Waals surface area contributed by atoms with Gasteiger partial charge in [-0.25, -0.2) is 10.8 Å². The smallest absolute Gasteiger partial charge is 0.372 e. The summed E-state index contributed by atoms with van der Waals surface area (Å²) in [4.78, 5) is 5.86. The van der Waals surface area contributed by atoms with E-state index in [1.165, 1.54) is 0 Å². The van der Waals surface area contributed by atoms with Crippen molar-refractivity contribution < 1.29 is 17.9 Å². The Morgan fingerprint density at radius 3 is 2.40 bits per heavy atom. The minimum atomic E-state index is -4.44. The number of anilines is 2. The van der Waals surface area contributed by atoms with Gasteiger partial charge in [0.1, 0.15) is 11.6 Å². The molecule has 1 saturated heterocycles. The summed E-state index contributed by atoms with van der Waals surface area (Å²) >= 11 is 0. The fourth-order valence-electron chi connectivity index (χ4n) is 2.28. The van der Waals surface area contributed by atoms with Gasteiger partial charge in [-0.05, 0) is 26.0 Å². The number of pyridine rings is 1. The normalized spacial score (nSPS) is 23.8. The number of hydrogen-bond acceptors (Lipinski definition) is 5. The molecular weight excluding hydrogens is 273 g/mol. The lowest BCUT2D eigenvalue weighted by molar-refractivity contribution is -0.137. The Morgan fingerprint density at radius 1 is 1.30 bits per heavy atom. The van der Waals surface area contributed by atoms with Gasteiger partial charge in [0, 0.05) is 13.1 Å². The molecule has 0 radical (unpaired) electrons. The lowest BCUT2D eigenvalue weighted by Crippen LogP contribution is -2.46. The number of alkyl halides is 3. The van der Waals surface area contributed by atoms with Gasteiger partial charge in [-0.15, -0.1) is 0 Å². The van der Waals surface area contributed by atoms with Crippen LogP contribution in [0.1, 0.15) is 19.4 Å². The van der Waals surface area contributed by atoms with E-state index < -0.39 is 11.7 Å². The average molecular weight is 290 g/mol. The highest BCUT2D eigenvalue weighted by atomic mass is 19.4. The summed E-state index contributed by atoms with van der Waals surface area (Å²) in [6.07, 6.45) is -4.57. The van der Waals surface area contributed by atoms with Crippen molar-refractivity contribution in [2.45, 2.75) is 32.2 Å². The van der Waals surface area contributed by atoms with Crippen molar-refractivity contribution in [1.29, 1.82) is 0 Å². The minimum Gasteiger partial charge on any atom is -0.372 e. The quantitative estimate of drug-likeness (QED) is 0.644. The maximum absolute atomic E-state index is 12.9. The van der Waals surface area contributed by atoms with Gasteiger partial charge in [-0.2, -0.15) is 13.2 Å². The number of morpholine rings is 1. The van der Waals surface area contributed by atoms with Crippen molar-refractivity contribution in [3.8, 4) is 0 Å². The Labute approximate surface area is 114 Å². The van der Waals surface area contributed by atoms with Crippen molar-refractivity contribution in [1.82, 2.24) is 4.98 Å². The van der Waals surface area contributed by atoms with Crippen molar-refractivity contribution in [3.63, 3.8) is 0 Å². The van der Waals surface area contributed by atoms with Gasteiger partial charge in [-0.3, -0.25) is 0 Å². The van der Waals surface area contributed by atoms with Crippen molar-refractivity contribution >= 4 is 11.6 Å². The molecule has 2 heterocycles. The highest BCUT2D eigenvalue weighted by Crippen LogP contribution is 2.33. The Bertz CT molecular complexity index is 470. The van der Waals surface area contributed by atoms with Crippen LogP contribution in [0.3, 0.4) is 0 Å². The molecule has 8 heteroatoms. The monoisotopic (exact) mass is 290 g/mol. The molecule has 1 aliphatic heterocycles. The van der Waals surface area contributed by atoms with E-state index in [-0.39, 0.29) is 23.8 Å². The third-order valence-electron chi connectivity index (χ3n) is 3.03. The van der Waals surface area contributed by atoms with Crippen molar-refractivity contribution in [2.75, 3.05) is 23.4 Å². The summed E-state index contributed by atoms with van der Waals surface area (Å²) < 4.78 is 44.2. The van der Waals surface area contributed by atoms with E-state index in [2.05, 4.69) is 10.4 Å². The number of halogens is 3. The van der Waals surface area contributed by atoms with E-state index in [0.717, 1.165) is 12.1 Å². The molecule has 0 aliphatic carbocycles. The molecule has 2 rings (SSSR count). The zero-order valence-corrected chi connectivity index (χ0v) is 11.2. The number of nitrogens with two attached hydrogens (primary N) is 1. The molecule has 0 amide bonds. The van der Waals surface area contributed by atoms with Crippen LogP contribution in [0, 0.1) is 0 Å². The SMILES string of the molecule is CC1CN(c2cc(C(F)(F)F)cc(NN)n2)CC(C)O1. The second kappa shape index (κ2) is 5.45. The Balaban J connectivity index is 2.35. The number of aromatic nitrogens is 1. The number of nitrogen functional groups attached to an aromatic ring is 1. The average Bonchev–Trinajstić information content (AvgIpc) is 2.36. The number of rotatable bonds is 2. The standard InChI is InChI=1S/C12H17F3N4O/c1-7-5-19(6-8(2)20-7)11-4-9(12(13,14)15)3-10(17-11)18-16/h3-4,7-8H,5-6,16H2,1-2H3,(H,17,18). The molecule has 5 nitrogen and oxygen atoms in total. The van der Waals surface area contributed by atoms with Crippen LogP contribution in [-0.4, -0.2) is 30.3 Å². The van der Waals surface area contributed by atoms with Crippen LogP contribution in [0.2, 0.25) is 0 Å². The van der Waals surface area contributed by atoms with Gasteiger partial charge in [0.2, 0.25) is 0 Å². The summed E-state index contributed by atoms with van der Waals surface area (Å²) in [5, 5.41) is 0. The van der Waals surface area contributed by atoms with Gasteiger partial charge >= 0.3 is 6.18 Å². The van der Waals surface area contributed by atoms with E-state index in [4.69, 9.17) is 10.6 Å². The molecule has 3 N–H and O–H groups in total. The molecule has 0 spiro atoms. The first-order chi connectivity index (χ1) is 9.29. The largest absolute Gasteiger partial charge is 0.416 e. The van der Waals surface area contributed by atoms with Crippen LogP contribution in [0.25, 0.3) is 0 Å². The number of ether oxygens (including phenoxy) is 1. The fraction of sp³-hybridized carbons (Fsp3) is 0.583. The van der Waals surface area contributed by atoms with Gasteiger partial charge in [-0.1, -0.05) is 0 Å². The molecule has 1 aromatic rings. The van der Waals surface area contributed by atoms with E-state index in [9.17, 15) is 13.2 Å². The molecule has 1 aromatic heterocycles. The molecule has 2 atom stereocenters. The molecule has 0 aromatic carbocycles. The first-order valence-corrected chi connectivity index (χ1v) is 6.26. The molecule has 20 heavy (non-hydrogen) atoms. The Morgan fingerprint density at radius 2 is 1.90 bits per heavy atom. The molecule has 112 valence electrons. The van der Waals surface area contributed by atoms with E-state index in [1.54, 1.807) is 4.90 Å². The summed E-state index contributed by atoms with van der Waals surface area (Å²) in [6.45, 7) is 4.72. The lowest BCUT2D eigenvalue weighted by Gasteiger charge is -2.36. The van der Waals surface area contributed by atoms with Crippen molar-refractivity contribution in [2.24, 2.45) is 5.84 Å². The number of hydrazine groups is 1. The molecular formula is C12H17F3N4O. The van der Waals surface area contributed by atoms with Gasteiger partial charge in [0.05, 0.1) is 17.8 Å². The Hall–Kier alpha value is -1.54. The predicted molar refractivity (Wildman–Crippen MR) is 69.3 cm³/mol. The molecule has 1 fully saturated rings. The lowest BCUT2D eigenvalue weighted by atomic mass is 10.2. The topological polar surface area (TPSA) is 63.4 Å². The van der Waals surface area contributed by atoms with Crippen LogP contribution in [0.5, 0.6) is 0 Å². The molecule has 0 saturated carbocycles. The maximum atomic E-state index is 12.9. The maximum Gasteiger partial charge on any atom is 0.416 e. The summed E-state index contributed by atoms with van der Waals surface area (Å²) in [5.74, 6) is 5.42. The van der Waals surface area contributed by atoms with Gasteiger partial charge < -0.3 is 15.1 Å². The number of nitrogens with zero attached hydrogens (tertiary/aromatic N) is 2. The van der Waals surface area contributed by atoms with Crippen LogP contribution < -0.4 is 16.2 Å². The summed E-state index contributed by atoms with van der Waals surface area (Å²) in [6, 6.07) is 1.92.